The smallest absolute Gasteiger partial charge is 0.230 e. The first-order valence-electron chi connectivity index (χ1n) is 8.09. The van der Waals surface area contributed by atoms with Gasteiger partial charge in [-0.15, -0.1) is 0 Å². The molecule has 0 radical (unpaired) electrons. The van der Waals surface area contributed by atoms with E-state index in [1.165, 1.54) is 23.9 Å². The maximum Gasteiger partial charge on any atom is 0.230 e. The molecule has 0 saturated heterocycles. The van der Waals surface area contributed by atoms with Crippen molar-refractivity contribution in [1.82, 2.24) is 14.9 Å². The van der Waals surface area contributed by atoms with Crippen LogP contribution in [0.4, 0.5) is 4.39 Å². The maximum atomic E-state index is 13.4. The van der Waals surface area contributed by atoms with Crippen molar-refractivity contribution in [3.63, 3.8) is 0 Å². The Morgan fingerprint density at radius 1 is 1.19 bits per heavy atom. The summed E-state index contributed by atoms with van der Waals surface area (Å²) < 4.78 is 20.7. The van der Waals surface area contributed by atoms with Crippen LogP contribution in [0.3, 0.4) is 0 Å². The van der Waals surface area contributed by atoms with E-state index in [0.29, 0.717) is 24.0 Å². The predicted octanol–water partition coefficient (Wildman–Crippen LogP) is 3.30. The minimum Gasteiger partial charge on any atom is -0.492 e. The third-order valence-electron chi connectivity index (χ3n) is 3.46. The Morgan fingerprint density at radius 3 is 2.85 bits per heavy atom. The first-order chi connectivity index (χ1) is 12.7. The number of carbonyl (C=O) groups excluding carboxylic acids is 1. The number of hydrogen-bond acceptors (Lipinski definition) is 4. The molecule has 1 amide bonds. The lowest BCUT2D eigenvalue weighted by molar-refractivity contribution is -0.118. The molecule has 2 aromatic carbocycles. The Morgan fingerprint density at radius 2 is 2.04 bits per heavy atom. The first kappa shape index (κ1) is 18.0. The molecular formula is C19H18FN3O2S. The third kappa shape index (κ3) is 5.10. The highest BCUT2D eigenvalue weighted by atomic mass is 32.2. The van der Waals surface area contributed by atoms with Gasteiger partial charge in [-0.1, -0.05) is 36.0 Å². The Labute approximate surface area is 155 Å². The largest absolute Gasteiger partial charge is 0.492 e. The summed E-state index contributed by atoms with van der Waals surface area (Å²) in [6, 6.07) is 15.7. The van der Waals surface area contributed by atoms with Crippen LogP contribution in [0.5, 0.6) is 5.75 Å². The van der Waals surface area contributed by atoms with E-state index in [1.807, 2.05) is 30.3 Å². The topological polar surface area (TPSA) is 56.2 Å². The van der Waals surface area contributed by atoms with Crippen LogP contribution in [0.1, 0.15) is 0 Å². The highest BCUT2D eigenvalue weighted by molar-refractivity contribution is 7.99. The molecule has 0 aliphatic rings. The number of thioether (sulfide) groups is 1. The molecule has 0 atom stereocenters. The van der Waals surface area contributed by atoms with Crippen molar-refractivity contribution in [2.24, 2.45) is 0 Å². The van der Waals surface area contributed by atoms with Crippen molar-refractivity contribution in [3.8, 4) is 11.4 Å². The van der Waals surface area contributed by atoms with Gasteiger partial charge < -0.3 is 10.1 Å². The van der Waals surface area contributed by atoms with Gasteiger partial charge in [-0.3, -0.25) is 9.36 Å². The molecule has 1 N–H and O–H groups in total. The molecule has 1 heterocycles. The van der Waals surface area contributed by atoms with Gasteiger partial charge in [0.15, 0.2) is 5.16 Å². The van der Waals surface area contributed by atoms with Gasteiger partial charge in [-0.25, -0.2) is 9.37 Å². The zero-order chi connectivity index (χ0) is 18.2. The van der Waals surface area contributed by atoms with Gasteiger partial charge in [0.2, 0.25) is 5.91 Å². The molecule has 0 aliphatic carbocycles. The normalized spacial score (nSPS) is 10.5. The van der Waals surface area contributed by atoms with Crippen molar-refractivity contribution in [1.29, 1.82) is 0 Å². The zero-order valence-electron chi connectivity index (χ0n) is 14.0. The number of hydrogen-bond donors (Lipinski definition) is 1. The summed E-state index contributed by atoms with van der Waals surface area (Å²) in [5, 5.41) is 3.43. The zero-order valence-corrected chi connectivity index (χ0v) is 14.8. The predicted molar refractivity (Wildman–Crippen MR) is 99.2 cm³/mol. The number of benzene rings is 2. The summed E-state index contributed by atoms with van der Waals surface area (Å²) in [7, 11) is 0. The van der Waals surface area contributed by atoms with Crippen molar-refractivity contribution in [2.45, 2.75) is 5.16 Å². The molecule has 0 bridgehead atoms. The van der Waals surface area contributed by atoms with Gasteiger partial charge in [-0.05, 0) is 30.3 Å². The van der Waals surface area contributed by atoms with E-state index in [9.17, 15) is 9.18 Å². The van der Waals surface area contributed by atoms with E-state index in [-0.39, 0.29) is 17.5 Å². The molecule has 3 aromatic rings. The average Bonchev–Trinajstić information content (AvgIpc) is 3.13. The van der Waals surface area contributed by atoms with Gasteiger partial charge >= 0.3 is 0 Å². The second-order valence-corrected chi connectivity index (χ2v) is 6.30. The number of para-hydroxylation sites is 1. The molecule has 0 unspecified atom stereocenters. The number of nitrogens with zero attached hydrogens (tertiary/aromatic N) is 2. The molecule has 0 fully saturated rings. The van der Waals surface area contributed by atoms with Gasteiger partial charge in [0.25, 0.3) is 0 Å². The third-order valence-corrected chi connectivity index (χ3v) is 4.43. The number of carbonyl (C=O) groups is 1. The molecule has 3 rings (SSSR count). The van der Waals surface area contributed by atoms with Crippen LogP contribution in [0.25, 0.3) is 5.69 Å². The molecular weight excluding hydrogens is 353 g/mol. The SMILES string of the molecule is O=C(CSc1nccn1-c1cccc(F)c1)NCCOc1ccccc1. The second-order valence-electron chi connectivity index (χ2n) is 5.36. The van der Waals surface area contributed by atoms with Crippen molar-refractivity contribution in [2.75, 3.05) is 18.9 Å². The van der Waals surface area contributed by atoms with Gasteiger partial charge in [0.05, 0.1) is 18.0 Å². The molecule has 134 valence electrons. The number of nitrogens with one attached hydrogen (secondary N) is 1. The van der Waals surface area contributed by atoms with Crippen LogP contribution < -0.4 is 10.1 Å². The van der Waals surface area contributed by atoms with Crippen LogP contribution in [0, 0.1) is 5.82 Å². The van der Waals surface area contributed by atoms with Crippen LogP contribution in [-0.4, -0.2) is 34.4 Å². The van der Waals surface area contributed by atoms with Crippen LogP contribution >= 0.6 is 11.8 Å². The van der Waals surface area contributed by atoms with E-state index in [4.69, 9.17) is 4.74 Å². The molecule has 1 aromatic heterocycles. The highest BCUT2D eigenvalue weighted by Gasteiger charge is 2.09. The molecule has 26 heavy (non-hydrogen) atoms. The number of amides is 1. The molecule has 0 spiro atoms. The summed E-state index contributed by atoms with van der Waals surface area (Å²) in [4.78, 5) is 16.2. The molecule has 0 aliphatic heterocycles. The van der Waals surface area contributed by atoms with Crippen LogP contribution in [0.15, 0.2) is 72.1 Å². The van der Waals surface area contributed by atoms with Gasteiger partial charge in [0.1, 0.15) is 18.2 Å². The van der Waals surface area contributed by atoms with E-state index >= 15 is 0 Å². The fourth-order valence-electron chi connectivity index (χ4n) is 2.28. The summed E-state index contributed by atoms with van der Waals surface area (Å²) in [6.07, 6.45) is 3.36. The Hall–Kier alpha value is -2.80. The Bertz CT molecular complexity index is 855. The van der Waals surface area contributed by atoms with Crippen molar-refractivity contribution < 1.29 is 13.9 Å². The fourth-order valence-corrected chi connectivity index (χ4v) is 3.08. The summed E-state index contributed by atoms with van der Waals surface area (Å²) in [5.41, 5.74) is 0.668. The number of ether oxygens (including phenoxy) is 1. The number of imidazole rings is 1. The maximum absolute atomic E-state index is 13.4. The molecule has 7 heteroatoms. The summed E-state index contributed by atoms with van der Waals surface area (Å²) in [5.74, 6) is 0.564. The first-order valence-corrected chi connectivity index (χ1v) is 9.07. The minimum atomic E-state index is -0.316. The Balaban J connectivity index is 1.44. The van der Waals surface area contributed by atoms with Gasteiger partial charge in [0, 0.05) is 12.4 Å². The van der Waals surface area contributed by atoms with E-state index in [1.54, 1.807) is 29.1 Å². The standard InChI is InChI=1S/C19H18FN3O2S/c20-15-5-4-6-16(13-15)23-11-9-22-19(23)26-14-18(24)21-10-12-25-17-7-2-1-3-8-17/h1-9,11,13H,10,12,14H2,(H,21,24). The lowest BCUT2D eigenvalue weighted by atomic mass is 10.3. The summed E-state index contributed by atoms with van der Waals surface area (Å²) in [6.45, 7) is 0.824. The lowest BCUT2D eigenvalue weighted by Gasteiger charge is -2.09. The number of rotatable bonds is 8. The number of aromatic nitrogens is 2. The van der Waals surface area contributed by atoms with Crippen LogP contribution in [0.2, 0.25) is 0 Å². The van der Waals surface area contributed by atoms with E-state index in [0.717, 1.165) is 5.75 Å². The van der Waals surface area contributed by atoms with Crippen molar-refractivity contribution >= 4 is 17.7 Å². The molecule has 0 saturated carbocycles. The van der Waals surface area contributed by atoms with E-state index < -0.39 is 0 Å². The fraction of sp³-hybridized carbons (Fsp3) is 0.158. The quantitative estimate of drug-likeness (QED) is 0.488. The highest BCUT2D eigenvalue weighted by Crippen LogP contribution is 2.20. The number of halogens is 1. The van der Waals surface area contributed by atoms with Crippen molar-refractivity contribution in [3.05, 3.63) is 72.8 Å². The monoisotopic (exact) mass is 371 g/mol. The van der Waals surface area contributed by atoms with Gasteiger partial charge in [-0.2, -0.15) is 0 Å². The summed E-state index contributed by atoms with van der Waals surface area (Å²) >= 11 is 1.29. The van der Waals surface area contributed by atoms with Crippen LogP contribution in [-0.2, 0) is 4.79 Å². The van der Waals surface area contributed by atoms with E-state index in [2.05, 4.69) is 10.3 Å². The second kappa shape index (κ2) is 9.05. The average molecular weight is 371 g/mol. The minimum absolute atomic E-state index is 0.111. The Kier molecular flexibility index (Phi) is 6.27. The molecule has 5 nitrogen and oxygen atoms in total. The lowest BCUT2D eigenvalue weighted by Crippen LogP contribution is -2.29.